The van der Waals surface area contributed by atoms with Gasteiger partial charge < -0.3 is 9.47 Å². The second kappa shape index (κ2) is 7.34. The molecule has 0 aliphatic rings. The van der Waals surface area contributed by atoms with Crippen molar-refractivity contribution >= 4 is 15.7 Å². The van der Waals surface area contributed by atoms with Crippen molar-refractivity contribution in [2.45, 2.75) is 13.8 Å². The SMILES string of the molecule is Cc1cc(C)c([N+](=O)[O-])cc1OCCOCCS(N)(=O)=O. The zero-order valence-electron chi connectivity index (χ0n) is 11.9. The Morgan fingerprint density at radius 1 is 1.19 bits per heavy atom. The van der Waals surface area contributed by atoms with Gasteiger partial charge in [0.05, 0.1) is 30.0 Å². The molecule has 21 heavy (non-hydrogen) atoms. The van der Waals surface area contributed by atoms with Crippen molar-refractivity contribution in [2.24, 2.45) is 5.14 Å². The Bertz CT molecular complexity index is 614. The highest BCUT2D eigenvalue weighted by atomic mass is 32.2. The topological polar surface area (TPSA) is 122 Å². The summed E-state index contributed by atoms with van der Waals surface area (Å²) in [5, 5.41) is 15.7. The molecular formula is C12H18N2O6S. The summed E-state index contributed by atoms with van der Waals surface area (Å²) in [6, 6.07) is 3.05. The predicted octanol–water partition coefficient (Wildman–Crippen LogP) is 0.896. The summed E-state index contributed by atoms with van der Waals surface area (Å²) in [7, 11) is -3.53. The van der Waals surface area contributed by atoms with E-state index in [1.54, 1.807) is 19.9 Å². The monoisotopic (exact) mass is 318 g/mol. The molecule has 0 radical (unpaired) electrons. The van der Waals surface area contributed by atoms with Gasteiger partial charge in [-0.3, -0.25) is 10.1 Å². The number of sulfonamides is 1. The van der Waals surface area contributed by atoms with E-state index in [4.69, 9.17) is 14.6 Å². The number of rotatable bonds is 8. The minimum atomic E-state index is -3.53. The van der Waals surface area contributed by atoms with Crippen molar-refractivity contribution < 1.29 is 22.8 Å². The van der Waals surface area contributed by atoms with Gasteiger partial charge in [0.15, 0.2) is 0 Å². The maximum Gasteiger partial charge on any atom is 0.276 e. The molecule has 0 amide bonds. The number of hydrogen-bond donors (Lipinski definition) is 1. The van der Waals surface area contributed by atoms with Gasteiger partial charge in [-0.25, -0.2) is 13.6 Å². The lowest BCUT2D eigenvalue weighted by Crippen LogP contribution is -2.21. The fourth-order valence-electron chi connectivity index (χ4n) is 1.66. The van der Waals surface area contributed by atoms with Crippen LogP contribution in [0.1, 0.15) is 11.1 Å². The average molecular weight is 318 g/mol. The number of ether oxygens (including phenoxy) is 2. The maximum atomic E-state index is 10.9. The minimum Gasteiger partial charge on any atom is -0.491 e. The maximum absolute atomic E-state index is 10.9. The smallest absolute Gasteiger partial charge is 0.276 e. The normalized spacial score (nSPS) is 11.4. The first kappa shape index (κ1) is 17.3. The van der Waals surface area contributed by atoms with E-state index < -0.39 is 14.9 Å². The lowest BCUT2D eigenvalue weighted by atomic mass is 10.1. The Labute approximate surface area is 123 Å². The van der Waals surface area contributed by atoms with E-state index in [9.17, 15) is 18.5 Å². The molecule has 118 valence electrons. The molecule has 0 fully saturated rings. The van der Waals surface area contributed by atoms with Crippen molar-refractivity contribution in [1.29, 1.82) is 0 Å². The van der Waals surface area contributed by atoms with E-state index in [0.29, 0.717) is 11.3 Å². The molecule has 0 spiro atoms. The highest BCUT2D eigenvalue weighted by Gasteiger charge is 2.14. The Morgan fingerprint density at radius 2 is 1.86 bits per heavy atom. The number of nitrogens with two attached hydrogens (primary N) is 1. The largest absolute Gasteiger partial charge is 0.491 e. The number of aryl methyl sites for hydroxylation is 2. The van der Waals surface area contributed by atoms with Crippen LogP contribution in [0.25, 0.3) is 0 Å². The first-order valence-corrected chi connectivity index (χ1v) is 7.89. The van der Waals surface area contributed by atoms with Crippen LogP contribution >= 0.6 is 0 Å². The molecule has 0 aliphatic heterocycles. The molecule has 0 heterocycles. The number of hydrogen-bond acceptors (Lipinski definition) is 6. The Balaban J connectivity index is 2.49. The Hall–Kier alpha value is -1.71. The zero-order chi connectivity index (χ0) is 16.0. The molecule has 0 unspecified atom stereocenters. The first-order chi connectivity index (χ1) is 9.70. The molecule has 1 aromatic carbocycles. The molecule has 1 rings (SSSR count). The van der Waals surface area contributed by atoms with E-state index in [-0.39, 0.29) is 31.3 Å². The van der Waals surface area contributed by atoms with Crippen molar-refractivity contribution in [1.82, 2.24) is 0 Å². The van der Waals surface area contributed by atoms with Gasteiger partial charge in [-0.2, -0.15) is 0 Å². The highest BCUT2D eigenvalue weighted by Crippen LogP contribution is 2.27. The van der Waals surface area contributed by atoms with Crippen molar-refractivity contribution in [3.63, 3.8) is 0 Å². The van der Waals surface area contributed by atoms with Gasteiger partial charge in [-0.05, 0) is 25.5 Å². The Kier molecular flexibility index (Phi) is 6.06. The van der Waals surface area contributed by atoms with Crippen LogP contribution in [0.2, 0.25) is 0 Å². The lowest BCUT2D eigenvalue weighted by Gasteiger charge is -2.10. The molecule has 0 aliphatic carbocycles. The van der Waals surface area contributed by atoms with Gasteiger partial charge >= 0.3 is 0 Å². The van der Waals surface area contributed by atoms with Crippen LogP contribution in [0, 0.1) is 24.0 Å². The van der Waals surface area contributed by atoms with Gasteiger partial charge in [0, 0.05) is 5.56 Å². The van der Waals surface area contributed by atoms with E-state index in [2.05, 4.69) is 0 Å². The van der Waals surface area contributed by atoms with E-state index in [0.717, 1.165) is 5.56 Å². The van der Waals surface area contributed by atoms with Crippen LogP contribution in [0.5, 0.6) is 5.75 Å². The fourth-order valence-corrected chi connectivity index (χ4v) is 2.01. The Morgan fingerprint density at radius 3 is 2.43 bits per heavy atom. The van der Waals surface area contributed by atoms with Gasteiger partial charge in [0.25, 0.3) is 5.69 Å². The summed E-state index contributed by atoms with van der Waals surface area (Å²) in [6.45, 7) is 3.75. The molecule has 1 aromatic rings. The van der Waals surface area contributed by atoms with Crippen LogP contribution in [0.15, 0.2) is 12.1 Å². The quantitative estimate of drug-likeness (QED) is 0.431. The molecule has 0 aromatic heterocycles. The summed E-state index contributed by atoms with van der Waals surface area (Å²) < 4.78 is 31.8. The molecule has 9 heteroatoms. The highest BCUT2D eigenvalue weighted by molar-refractivity contribution is 7.89. The molecule has 0 atom stereocenters. The van der Waals surface area contributed by atoms with Crippen LogP contribution in [-0.4, -0.2) is 38.9 Å². The molecule has 0 saturated heterocycles. The zero-order valence-corrected chi connectivity index (χ0v) is 12.7. The van der Waals surface area contributed by atoms with Crippen molar-refractivity contribution in [3.05, 3.63) is 33.4 Å². The molecule has 0 bridgehead atoms. The summed E-state index contributed by atoms with van der Waals surface area (Å²) in [5.74, 6) is 0.143. The summed E-state index contributed by atoms with van der Waals surface area (Å²) >= 11 is 0. The summed E-state index contributed by atoms with van der Waals surface area (Å²) in [5.41, 5.74) is 1.34. The van der Waals surface area contributed by atoms with Crippen molar-refractivity contribution in [2.75, 3.05) is 25.6 Å². The van der Waals surface area contributed by atoms with Crippen LogP contribution in [-0.2, 0) is 14.8 Å². The summed E-state index contributed by atoms with van der Waals surface area (Å²) in [6.07, 6.45) is 0. The van der Waals surface area contributed by atoms with Gasteiger partial charge in [-0.15, -0.1) is 0 Å². The summed E-state index contributed by atoms with van der Waals surface area (Å²) in [4.78, 5) is 10.4. The second-order valence-corrected chi connectivity index (χ2v) is 6.22. The molecule has 8 nitrogen and oxygen atoms in total. The van der Waals surface area contributed by atoms with Gasteiger partial charge in [-0.1, -0.05) is 0 Å². The van der Waals surface area contributed by atoms with Gasteiger partial charge in [0.2, 0.25) is 10.0 Å². The predicted molar refractivity (Wildman–Crippen MR) is 76.9 cm³/mol. The number of nitrogens with zero attached hydrogens (tertiary/aromatic N) is 1. The standard InChI is InChI=1S/C12H18N2O6S/c1-9-7-10(2)12(8-11(9)14(15)16)20-4-3-19-5-6-21(13,17)18/h7-8H,3-6H2,1-2H3,(H2,13,17,18). The van der Waals surface area contributed by atoms with Crippen molar-refractivity contribution in [3.8, 4) is 5.75 Å². The van der Waals surface area contributed by atoms with E-state index in [1.807, 2.05) is 0 Å². The van der Waals surface area contributed by atoms with E-state index >= 15 is 0 Å². The number of primary sulfonamides is 1. The van der Waals surface area contributed by atoms with Crippen LogP contribution in [0.4, 0.5) is 5.69 Å². The molecule has 2 N–H and O–H groups in total. The van der Waals surface area contributed by atoms with Gasteiger partial charge in [0.1, 0.15) is 12.4 Å². The molecule has 0 saturated carbocycles. The van der Waals surface area contributed by atoms with Crippen LogP contribution in [0.3, 0.4) is 0 Å². The third kappa shape index (κ3) is 6.06. The van der Waals surface area contributed by atoms with E-state index in [1.165, 1.54) is 6.07 Å². The van der Waals surface area contributed by atoms with Crippen LogP contribution < -0.4 is 9.88 Å². The lowest BCUT2D eigenvalue weighted by molar-refractivity contribution is -0.385. The number of benzene rings is 1. The first-order valence-electron chi connectivity index (χ1n) is 6.17. The second-order valence-electron chi connectivity index (χ2n) is 4.49. The third-order valence-corrected chi connectivity index (χ3v) is 3.42. The fraction of sp³-hybridized carbons (Fsp3) is 0.500. The minimum absolute atomic E-state index is 0.00857. The number of nitro groups is 1. The molecular weight excluding hydrogens is 300 g/mol. The number of nitro benzene ring substituents is 1. The average Bonchev–Trinajstić information content (AvgIpc) is 2.33. The third-order valence-electron chi connectivity index (χ3n) is 2.69.